The molecule has 6 heteroatoms. The predicted molar refractivity (Wildman–Crippen MR) is 72.3 cm³/mol. The maximum Gasteiger partial charge on any atom is 2.00 e. The summed E-state index contributed by atoms with van der Waals surface area (Å²) in [6, 6.07) is 0. The maximum atomic E-state index is 6.05. The Kier molecular flexibility index (Phi) is 10.4. The van der Waals surface area contributed by atoms with Crippen LogP contribution in [-0.2, 0) is 8.23 Å². The molecule has 0 aromatic carbocycles. The van der Waals surface area contributed by atoms with Crippen LogP contribution in [0.5, 0.6) is 0 Å². The second-order valence-electron chi connectivity index (χ2n) is 5.48. The molecule has 0 spiro atoms. The molecule has 2 nitrogen and oxygen atoms in total. The minimum absolute atomic E-state index is 0. The van der Waals surface area contributed by atoms with Gasteiger partial charge in [0.05, 0.1) is 0 Å². The molecule has 0 heterocycles. The Hall–Kier alpha value is 1.62. The van der Waals surface area contributed by atoms with Crippen LogP contribution < -0.4 is 0 Å². The molecule has 0 N–H and O–H groups in total. The van der Waals surface area contributed by atoms with Crippen LogP contribution in [0.25, 0.3) is 0 Å². The second kappa shape index (κ2) is 7.14. The van der Waals surface area contributed by atoms with Crippen molar-refractivity contribution in [3.8, 4) is 0 Å². The molecular weight excluding hydrogens is 462 g/mol. The summed E-state index contributed by atoms with van der Waals surface area (Å²) >= 11 is 0. The smallest absolute Gasteiger partial charge is 0.465 e. The zero-order chi connectivity index (χ0) is 10.9. The third-order valence-corrected chi connectivity index (χ3v) is 9.67. The summed E-state index contributed by atoms with van der Waals surface area (Å²) < 4.78 is 12.0. The fourth-order valence-corrected chi connectivity index (χ4v) is 13.2. The van der Waals surface area contributed by atoms with E-state index in [0.717, 1.165) is 0 Å². The van der Waals surface area contributed by atoms with E-state index in [2.05, 4.69) is 52.4 Å². The molecule has 0 saturated heterocycles. The molecule has 0 atom stereocenters. The first-order valence-electron chi connectivity index (χ1n) is 4.67. The van der Waals surface area contributed by atoms with Crippen LogP contribution in [0.1, 0.15) is 0 Å². The average Bonchev–Trinajstić information content (AvgIpc) is 1.43. The Bertz CT molecular complexity index is 155. The minimum Gasteiger partial charge on any atom is -0.465 e. The van der Waals surface area contributed by atoms with Gasteiger partial charge in [-0.05, 0) is 32.7 Å². The van der Waals surface area contributed by atoms with Crippen LogP contribution in [0, 0.1) is 45.1 Å². The summed E-state index contributed by atoms with van der Waals surface area (Å²) in [6.45, 7) is 19.1. The third kappa shape index (κ3) is 15.6. The van der Waals surface area contributed by atoms with Crippen molar-refractivity contribution in [1.82, 2.24) is 0 Å². The molecule has 0 saturated carbocycles. The van der Waals surface area contributed by atoms with E-state index in [4.69, 9.17) is 8.23 Å². The van der Waals surface area contributed by atoms with Gasteiger partial charge in [0.2, 0.25) is 0 Å². The van der Waals surface area contributed by atoms with E-state index in [1.165, 1.54) is 0 Å². The van der Waals surface area contributed by atoms with E-state index in [1.54, 1.807) is 0 Å². The van der Waals surface area contributed by atoms with E-state index in [9.17, 15) is 0 Å². The van der Waals surface area contributed by atoms with Gasteiger partial charge in [-0.1, -0.05) is 13.1 Å². The van der Waals surface area contributed by atoms with Crippen LogP contribution in [0.3, 0.4) is 0 Å². The van der Waals surface area contributed by atoms with Crippen LogP contribution in [-0.4, -0.2) is 25.2 Å². The molecule has 0 aromatic heterocycles. The molecule has 0 radical (unpaired) electrons. The van der Waals surface area contributed by atoms with Crippen LogP contribution in [0.15, 0.2) is 0 Å². The Morgan fingerprint density at radius 2 is 1.13 bits per heavy atom. The molecule has 0 unspecified atom stereocenters. The maximum absolute atomic E-state index is 6.05. The topological polar surface area (TPSA) is 18.5 Å². The van der Waals surface area contributed by atoms with Gasteiger partial charge in [0, 0.05) is 8.32 Å². The van der Waals surface area contributed by atoms with E-state index in [0.29, 0.717) is 0 Å². The Morgan fingerprint density at radius 3 is 1.33 bits per heavy atom. The van der Waals surface area contributed by atoms with Crippen molar-refractivity contribution >= 4 is 25.2 Å². The summed E-state index contributed by atoms with van der Waals surface area (Å²) in [4.78, 5) is 0. The first kappa shape index (κ1) is 21.9. The van der Waals surface area contributed by atoms with Gasteiger partial charge in [0.1, 0.15) is 0 Å². The Balaban J connectivity index is -0.000000720. The van der Waals surface area contributed by atoms with E-state index >= 15 is 0 Å². The molecule has 0 amide bonds. The van der Waals surface area contributed by atoms with Gasteiger partial charge in [0.15, 0.2) is 8.32 Å². The first-order valence-corrected chi connectivity index (χ1v) is 14.0. The fourth-order valence-electron chi connectivity index (χ4n) is 1.42. The molecule has 15 heavy (non-hydrogen) atoms. The van der Waals surface area contributed by atoms with Crippen molar-refractivity contribution in [2.75, 3.05) is 0 Å². The summed E-state index contributed by atoms with van der Waals surface area (Å²) in [5, 5.41) is 0. The molecule has 0 aliphatic rings. The molecule has 0 fully saturated rings. The van der Waals surface area contributed by atoms with Crippen molar-refractivity contribution in [1.29, 1.82) is 0 Å². The van der Waals surface area contributed by atoms with Gasteiger partial charge in [-0.25, -0.2) is 0 Å². The third-order valence-electron chi connectivity index (χ3n) is 1.07. The van der Waals surface area contributed by atoms with E-state index in [1.807, 2.05) is 0 Å². The number of rotatable bonds is 4. The normalized spacial score (nSPS) is 12.8. The molecule has 0 aliphatic carbocycles. The molecule has 0 aromatic rings. The van der Waals surface area contributed by atoms with Crippen molar-refractivity contribution in [3.05, 3.63) is 14.0 Å². The zero-order valence-corrected chi connectivity index (χ0v) is 18.7. The van der Waals surface area contributed by atoms with Crippen molar-refractivity contribution in [3.63, 3.8) is 0 Å². The Morgan fingerprint density at radius 1 is 0.800 bits per heavy atom. The quantitative estimate of drug-likeness (QED) is 0.445. The van der Waals surface area contributed by atoms with Crippen LogP contribution in [0.4, 0.5) is 0 Å². The van der Waals surface area contributed by atoms with Gasteiger partial charge >= 0.3 is 39.7 Å². The summed E-state index contributed by atoms with van der Waals surface area (Å²) in [5.41, 5.74) is 0. The van der Waals surface area contributed by atoms with Gasteiger partial charge < -0.3 is 22.2 Å². The van der Waals surface area contributed by atoms with Gasteiger partial charge in [0.25, 0.3) is 0 Å². The second-order valence-corrected chi connectivity index (χ2v) is 17.7. The summed E-state index contributed by atoms with van der Waals surface area (Å²) in [5.74, 6) is 0. The summed E-state index contributed by atoms with van der Waals surface area (Å²) in [6.07, 6.45) is 0. The largest absolute Gasteiger partial charge is 2.00 e. The molecule has 0 rings (SSSR count). The molecule has 0 aliphatic heterocycles. The molecular formula is C9H26O2Si3U. The van der Waals surface area contributed by atoms with Crippen molar-refractivity contribution < 1.29 is 39.3 Å². The average molecular weight is 489 g/mol. The minimum atomic E-state index is -1.91. The van der Waals surface area contributed by atoms with E-state index < -0.39 is 25.2 Å². The van der Waals surface area contributed by atoms with Gasteiger partial charge in [-0.3, -0.25) is 0 Å². The van der Waals surface area contributed by atoms with Crippen molar-refractivity contribution in [2.45, 2.75) is 45.8 Å². The SMILES string of the molecule is [CH2-][Si](C)(C)O[Si](C)(C)O[Si](C)(C)C.[CH3-].[U+2]. The van der Waals surface area contributed by atoms with Crippen LogP contribution >= 0.6 is 0 Å². The standard InChI is InChI=1S/C8H23O2Si3.CH3.U/c1-11(2,3)9-13(7,8)10-12(4,5)6;;/h1H2,2-8H3;1H3;/q2*-1;+2. The predicted octanol–water partition coefficient (Wildman–Crippen LogP) is 3.58. The summed E-state index contributed by atoms with van der Waals surface area (Å²) in [7, 11) is -5.06. The first-order chi connectivity index (χ1) is 5.41. The molecule has 0 bridgehead atoms. The number of hydrogen-bond donors (Lipinski definition) is 0. The fraction of sp³-hybridized carbons (Fsp3) is 0.778. The Labute approximate surface area is 123 Å². The van der Waals surface area contributed by atoms with Gasteiger partial charge in [-0.2, -0.15) is 0 Å². The van der Waals surface area contributed by atoms with Gasteiger partial charge in [-0.15, -0.1) is 0 Å². The van der Waals surface area contributed by atoms with Crippen LogP contribution in [0.2, 0.25) is 45.8 Å². The monoisotopic (exact) mass is 488 g/mol. The molecule has 90 valence electrons. The number of hydrogen-bond acceptors (Lipinski definition) is 2. The zero-order valence-electron chi connectivity index (χ0n) is 11.5. The van der Waals surface area contributed by atoms with Crippen molar-refractivity contribution in [2.24, 2.45) is 0 Å². The van der Waals surface area contributed by atoms with E-state index in [-0.39, 0.29) is 38.5 Å².